The van der Waals surface area contributed by atoms with Gasteiger partial charge in [0.15, 0.2) is 0 Å². The van der Waals surface area contributed by atoms with E-state index in [4.69, 9.17) is 4.74 Å². The van der Waals surface area contributed by atoms with Crippen molar-refractivity contribution in [1.82, 2.24) is 14.8 Å². The number of nitrogens with one attached hydrogen (secondary N) is 1. The number of hydrogen-bond donors (Lipinski definition) is 1. The van der Waals surface area contributed by atoms with Gasteiger partial charge in [0, 0.05) is 36.7 Å². The number of ether oxygens (including phenoxy) is 1. The van der Waals surface area contributed by atoms with Crippen molar-refractivity contribution in [3.05, 3.63) is 76.6 Å². The fourth-order valence-electron chi connectivity index (χ4n) is 4.57. The van der Waals surface area contributed by atoms with Crippen molar-refractivity contribution in [3.8, 4) is 0 Å². The summed E-state index contributed by atoms with van der Waals surface area (Å²) in [5, 5.41) is 1.13. The molecule has 6 heteroatoms. The van der Waals surface area contributed by atoms with E-state index in [2.05, 4.69) is 11.1 Å². The van der Waals surface area contributed by atoms with Gasteiger partial charge in [0.25, 0.3) is 11.8 Å². The van der Waals surface area contributed by atoms with Crippen molar-refractivity contribution < 1.29 is 14.3 Å². The summed E-state index contributed by atoms with van der Waals surface area (Å²) in [5.74, 6) is -0.412. The first-order chi connectivity index (χ1) is 15.5. The lowest BCUT2D eigenvalue weighted by Crippen LogP contribution is -2.40. The molecule has 2 amide bonds. The zero-order valence-corrected chi connectivity index (χ0v) is 18.5. The first-order valence-electron chi connectivity index (χ1n) is 11.1. The van der Waals surface area contributed by atoms with Crippen LogP contribution in [0.2, 0.25) is 0 Å². The molecule has 1 aromatic heterocycles. The van der Waals surface area contributed by atoms with Crippen LogP contribution in [0, 0.1) is 13.8 Å². The van der Waals surface area contributed by atoms with Crippen molar-refractivity contribution in [2.75, 3.05) is 32.8 Å². The number of H-pyrrole nitrogens is 1. The number of benzene rings is 2. The fourth-order valence-corrected chi connectivity index (χ4v) is 4.57. The Bertz CT molecular complexity index is 1230. The third-order valence-corrected chi connectivity index (χ3v) is 6.55. The molecule has 0 spiro atoms. The molecule has 0 radical (unpaired) electrons. The van der Waals surface area contributed by atoms with Crippen LogP contribution in [0.4, 0.5) is 0 Å². The summed E-state index contributed by atoms with van der Waals surface area (Å²) in [6.45, 7) is 6.76. The van der Waals surface area contributed by atoms with Crippen molar-refractivity contribution >= 4 is 28.3 Å². The molecule has 0 saturated carbocycles. The second-order valence-electron chi connectivity index (χ2n) is 8.49. The summed E-state index contributed by atoms with van der Waals surface area (Å²) >= 11 is 0. The van der Waals surface area contributed by atoms with Crippen LogP contribution in [-0.4, -0.2) is 59.4 Å². The Morgan fingerprint density at radius 1 is 0.969 bits per heavy atom. The molecular weight excluding hydrogens is 402 g/mol. The highest BCUT2D eigenvalue weighted by molar-refractivity contribution is 6.35. The molecule has 1 saturated heterocycles. The number of imide groups is 1. The Labute approximate surface area is 187 Å². The molecule has 3 heterocycles. The van der Waals surface area contributed by atoms with Gasteiger partial charge in [-0.05, 0) is 48.6 Å². The summed E-state index contributed by atoms with van der Waals surface area (Å²) in [5.41, 5.74) is 6.27. The number of aromatic nitrogens is 1. The molecule has 1 N–H and O–H groups in total. The zero-order chi connectivity index (χ0) is 22.2. The summed E-state index contributed by atoms with van der Waals surface area (Å²) in [6.07, 6.45) is 2.58. The lowest BCUT2D eigenvalue weighted by Gasteiger charge is -2.29. The molecule has 3 aromatic rings. The van der Waals surface area contributed by atoms with Gasteiger partial charge in [0.05, 0.1) is 18.8 Å². The molecule has 32 heavy (non-hydrogen) atoms. The van der Waals surface area contributed by atoms with E-state index >= 15 is 0 Å². The number of para-hydroxylation sites is 1. The Morgan fingerprint density at radius 2 is 1.75 bits per heavy atom. The second kappa shape index (κ2) is 8.28. The van der Waals surface area contributed by atoms with Gasteiger partial charge >= 0.3 is 0 Å². The second-order valence-corrected chi connectivity index (χ2v) is 8.49. The monoisotopic (exact) mass is 429 g/mol. The third kappa shape index (κ3) is 3.50. The normalized spacial score (nSPS) is 17.2. The number of amides is 2. The lowest BCUT2D eigenvalue weighted by atomic mass is 9.99. The maximum atomic E-state index is 13.6. The maximum absolute atomic E-state index is 13.6. The van der Waals surface area contributed by atoms with E-state index in [0.29, 0.717) is 50.5 Å². The number of hydrogen-bond acceptors (Lipinski definition) is 4. The number of morpholine rings is 1. The van der Waals surface area contributed by atoms with Gasteiger partial charge in [-0.1, -0.05) is 36.4 Å². The van der Waals surface area contributed by atoms with Crippen LogP contribution in [0.15, 0.2) is 54.4 Å². The predicted octanol–water partition coefficient (Wildman–Crippen LogP) is 3.44. The number of aromatic amines is 1. The van der Waals surface area contributed by atoms with Gasteiger partial charge in [0.1, 0.15) is 5.70 Å². The van der Waals surface area contributed by atoms with Crippen molar-refractivity contribution in [3.63, 3.8) is 0 Å². The molecule has 5 rings (SSSR count). The molecule has 0 atom stereocenters. The minimum absolute atomic E-state index is 0.204. The number of carbonyl (C=O) groups is 2. The standard InChI is InChI=1S/C26H27N3O3/c1-17-7-8-19(15-18(17)2)23-24(28-11-13-32-14-12-28)26(31)29(25(23)30)10-9-20-16-27-22-6-4-3-5-21(20)22/h3-8,15-16,27H,9-14H2,1-2H3. The molecule has 6 nitrogen and oxygen atoms in total. The van der Waals surface area contributed by atoms with E-state index in [-0.39, 0.29) is 11.8 Å². The Kier molecular flexibility index (Phi) is 5.31. The largest absolute Gasteiger partial charge is 0.378 e. The smallest absolute Gasteiger partial charge is 0.277 e. The maximum Gasteiger partial charge on any atom is 0.277 e. The van der Waals surface area contributed by atoms with Crippen LogP contribution < -0.4 is 0 Å². The van der Waals surface area contributed by atoms with Gasteiger partial charge in [0.2, 0.25) is 0 Å². The third-order valence-electron chi connectivity index (χ3n) is 6.55. The van der Waals surface area contributed by atoms with Crippen LogP contribution in [0.1, 0.15) is 22.3 Å². The van der Waals surface area contributed by atoms with E-state index in [9.17, 15) is 9.59 Å². The van der Waals surface area contributed by atoms with Crippen LogP contribution in [0.5, 0.6) is 0 Å². The fraction of sp³-hybridized carbons (Fsp3) is 0.308. The van der Waals surface area contributed by atoms with Crippen molar-refractivity contribution in [2.24, 2.45) is 0 Å². The molecule has 2 aromatic carbocycles. The SMILES string of the molecule is Cc1ccc(C2=C(N3CCOCC3)C(=O)N(CCc3c[nH]c4ccccc34)C2=O)cc1C. The highest BCUT2D eigenvalue weighted by Gasteiger charge is 2.41. The summed E-state index contributed by atoms with van der Waals surface area (Å²) < 4.78 is 5.48. The van der Waals surface area contributed by atoms with E-state index in [1.807, 2.05) is 61.3 Å². The topological polar surface area (TPSA) is 65.6 Å². The number of nitrogens with zero attached hydrogens (tertiary/aromatic N) is 2. The zero-order valence-electron chi connectivity index (χ0n) is 18.5. The van der Waals surface area contributed by atoms with Crippen molar-refractivity contribution in [1.29, 1.82) is 0 Å². The van der Waals surface area contributed by atoms with E-state index in [1.54, 1.807) is 0 Å². The van der Waals surface area contributed by atoms with Gasteiger partial charge in [-0.2, -0.15) is 0 Å². The van der Waals surface area contributed by atoms with E-state index < -0.39 is 0 Å². The van der Waals surface area contributed by atoms with Gasteiger partial charge in [-0.3, -0.25) is 14.5 Å². The molecule has 2 aliphatic rings. The number of aryl methyl sites for hydroxylation is 2. The highest BCUT2D eigenvalue weighted by Crippen LogP contribution is 2.33. The van der Waals surface area contributed by atoms with Gasteiger partial charge < -0.3 is 14.6 Å². The minimum atomic E-state index is -0.209. The predicted molar refractivity (Wildman–Crippen MR) is 124 cm³/mol. The van der Waals surface area contributed by atoms with E-state index in [0.717, 1.165) is 33.2 Å². The van der Waals surface area contributed by atoms with Crippen LogP contribution in [0.3, 0.4) is 0 Å². The first kappa shape index (κ1) is 20.5. The average molecular weight is 430 g/mol. The quantitative estimate of drug-likeness (QED) is 0.631. The number of rotatable bonds is 5. The summed E-state index contributed by atoms with van der Waals surface area (Å²) in [6, 6.07) is 14.1. The first-order valence-corrected chi connectivity index (χ1v) is 11.1. The number of fused-ring (bicyclic) bond motifs is 1. The Hall–Kier alpha value is -3.38. The highest BCUT2D eigenvalue weighted by atomic mass is 16.5. The van der Waals surface area contributed by atoms with Crippen LogP contribution in [0.25, 0.3) is 16.5 Å². The molecule has 0 aliphatic carbocycles. The number of carbonyl (C=O) groups excluding carboxylic acids is 2. The molecule has 164 valence electrons. The van der Waals surface area contributed by atoms with Crippen LogP contribution >= 0.6 is 0 Å². The minimum Gasteiger partial charge on any atom is -0.378 e. The Morgan fingerprint density at radius 3 is 2.53 bits per heavy atom. The molecule has 0 bridgehead atoms. The Balaban J connectivity index is 1.47. The van der Waals surface area contributed by atoms with Crippen LogP contribution in [-0.2, 0) is 20.7 Å². The lowest BCUT2D eigenvalue weighted by molar-refractivity contribution is -0.137. The van der Waals surface area contributed by atoms with Gasteiger partial charge in [-0.15, -0.1) is 0 Å². The average Bonchev–Trinajstić information content (AvgIpc) is 3.33. The molecule has 0 unspecified atom stereocenters. The van der Waals surface area contributed by atoms with Gasteiger partial charge in [-0.25, -0.2) is 0 Å². The summed E-state index contributed by atoms with van der Waals surface area (Å²) in [7, 11) is 0. The van der Waals surface area contributed by atoms with Crippen molar-refractivity contribution in [2.45, 2.75) is 20.3 Å². The van der Waals surface area contributed by atoms with E-state index in [1.165, 1.54) is 4.90 Å². The molecular formula is C26H27N3O3. The molecule has 1 fully saturated rings. The molecule has 2 aliphatic heterocycles. The summed E-state index contributed by atoms with van der Waals surface area (Å²) in [4.78, 5) is 33.8.